The number of aromatic nitrogens is 1. The maximum absolute atomic E-state index is 12.2. The largest absolute Gasteiger partial charge is 0.352 e. The van der Waals surface area contributed by atoms with Gasteiger partial charge in [-0.2, -0.15) is 0 Å². The van der Waals surface area contributed by atoms with E-state index in [0.29, 0.717) is 11.1 Å². The molecule has 3 aromatic rings. The SMILES string of the molecule is Cc1ccccc1C(=O)CCC(=O)NCc1cc2ccccc2[nH]c1=O. The number of H-pyrrole nitrogens is 1. The molecule has 26 heavy (non-hydrogen) atoms. The van der Waals surface area contributed by atoms with Crippen LogP contribution in [0.4, 0.5) is 0 Å². The number of rotatable bonds is 6. The first-order valence-electron chi connectivity index (χ1n) is 8.51. The molecule has 0 fully saturated rings. The third kappa shape index (κ3) is 4.06. The van der Waals surface area contributed by atoms with Crippen molar-refractivity contribution in [3.8, 4) is 0 Å². The quantitative estimate of drug-likeness (QED) is 0.672. The Hall–Kier alpha value is -3.21. The molecule has 0 aliphatic rings. The topological polar surface area (TPSA) is 79.0 Å². The van der Waals surface area contributed by atoms with Gasteiger partial charge in [0.1, 0.15) is 0 Å². The fraction of sp³-hybridized carbons (Fsp3) is 0.190. The number of aryl methyl sites for hydroxylation is 1. The lowest BCUT2D eigenvalue weighted by molar-refractivity contribution is -0.121. The summed E-state index contributed by atoms with van der Waals surface area (Å²) in [7, 11) is 0. The van der Waals surface area contributed by atoms with E-state index in [9.17, 15) is 14.4 Å². The summed E-state index contributed by atoms with van der Waals surface area (Å²) >= 11 is 0. The number of carbonyl (C=O) groups excluding carboxylic acids is 2. The van der Waals surface area contributed by atoms with Crippen LogP contribution in [0.25, 0.3) is 10.9 Å². The van der Waals surface area contributed by atoms with Crippen LogP contribution in [0, 0.1) is 6.92 Å². The number of fused-ring (bicyclic) bond motifs is 1. The molecule has 1 amide bonds. The van der Waals surface area contributed by atoms with Crippen molar-refractivity contribution in [3.05, 3.63) is 81.6 Å². The van der Waals surface area contributed by atoms with Crippen molar-refractivity contribution in [1.29, 1.82) is 0 Å². The van der Waals surface area contributed by atoms with E-state index in [1.54, 1.807) is 12.1 Å². The van der Waals surface area contributed by atoms with E-state index in [1.165, 1.54) is 0 Å². The van der Waals surface area contributed by atoms with Crippen LogP contribution in [0.3, 0.4) is 0 Å². The molecule has 5 heteroatoms. The van der Waals surface area contributed by atoms with Crippen molar-refractivity contribution in [2.45, 2.75) is 26.3 Å². The lowest BCUT2D eigenvalue weighted by Crippen LogP contribution is -2.27. The Labute approximate surface area is 151 Å². The number of Topliss-reactive ketones (excluding diaryl/α,β-unsaturated/α-hetero) is 1. The molecule has 0 spiro atoms. The normalized spacial score (nSPS) is 10.7. The molecule has 0 atom stereocenters. The molecule has 5 nitrogen and oxygen atoms in total. The Morgan fingerprint density at radius 1 is 1.00 bits per heavy atom. The average molecular weight is 348 g/mol. The lowest BCUT2D eigenvalue weighted by atomic mass is 10.0. The summed E-state index contributed by atoms with van der Waals surface area (Å²) in [5, 5.41) is 3.62. The van der Waals surface area contributed by atoms with Gasteiger partial charge in [0.25, 0.3) is 5.56 Å². The molecule has 1 heterocycles. The highest BCUT2D eigenvalue weighted by molar-refractivity contribution is 5.99. The van der Waals surface area contributed by atoms with Crippen molar-refractivity contribution in [1.82, 2.24) is 10.3 Å². The minimum Gasteiger partial charge on any atom is -0.352 e. The third-order valence-electron chi connectivity index (χ3n) is 4.33. The summed E-state index contributed by atoms with van der Waals surface area (Å²) < 4.78 is 0. The van der Waals surface area contributed by atoms with E-state index < -0.39 is 0 Å². The Morgan fingerprint density at radius 3 is 2.54 bits per heavy atom. The summed E-state index contributed by atoms with van der Waals surface area (Å²) in [6.07, 6.45) is 0.240. The number of pyridine rings is 1. The van der Waals surface area contributed by atoms with Crippen molar-refractivity contribution in [2.75, 3.05) is 0 Å². The van der Waals surface area contributed by atoms with E-state index in [1.807, 2.05) is 49.4 Å². The van der Waals surface area contributed by atoms with Gasteiger partial charge < -0.3 is 10.3 Å². The molecule has 0 unspecified atom stereocenters. The molecular weight excluding hydrogens is 328 g/mol. The van der Waals surface area contributed by atoms with Gasteiger partial charge in [0.15, 0.2) is 5.78 Å². The highest BCUT2D eigenvalue weighted by atomic mass is 16.2. The van der Waals surface area contributed by atoms with Gasteiger partial charge in [-0.25, -0.2) is 0 Å². The highest BCUT2D eigenvalue weighted by Crippen LogP contribution is 2.12. The van der Waals surface area contributed by atoms with Crippen molar-refractivity contribution in [2.24, 2.45) is 0 Å². The van der Waals surface area contributed by atoms with Crippen molar-refractivity contribution in [3.63, 3.8) is 0 Å². The number of para-hydroxylation sites is 1. The predicted molar refractivity (Wildman–Crippen MR) is 101 cm³/mol. The third-order valence-corrected chi connectivity index (χ3v) is 4.33. The summed E-state index contributed by atoms with van der Waals surface area (Å²) in [4.78, 5) is 39.1. The van der Waals surface area contributed by atoms with Crippen molar-refractivity contribution < 1.29 is 9.59 Å². The first-order chi connectivity index (χ1) is 12.5. The van der Waals surface area contributed by atoms with Crippen LogP contribution in [0.1, 0.15) is 34.3 Å². The summed E-state index contributed by atoms with van der Waals surface area (Å²) in [5.74, 6) is -0.304. The molecule has 3 rings (SSSR count). The minimum absolute atomic E-state index is 0.0539. The number of amides is 1. The van der Waals surface area contributed by atoms with Crippen LogP contribution in [0.2, 0.25) is 0 Å². The van der Waals surface area contributed by atoms with E-state index in [-0.39, 0.29) is 36.6 Å². The molecule has 2 aromatic carbocycles. The number of carbonyl (C=O) groups is 2. The van der Waals surface area contributed by atoms with Gasteiger partial charge in [-0.15, -0.1) is 0 Å². The van der Waals surface area contributed by atoms with Crippen LogP contribution in [-0.2, 0) is 11.3 Å². The molecular formula is C21H20N2O3. The lowest BCUT2D eigenvalue weighted by Gasteiger charge is -2.07. The number of ketones is 1. The number of aromatic amines is 1. The van der Waals surface area contributed by atoms with Gasteiger partial charge >= 0.3 is 0 Å². The Bertz CT molecular complexity index is 1020. The zero-order valence-electron chi connectivity index (χ0n) is 14.5. The first kappa shape index (κ1) is 17.6. The number of nitrogens with one attached hydrogen (secondary N) is 2. The van der Waals surface area contributed by atoms with Crippen LogP contribution in [-0.4, -0.2) is 16.7 Å². The summed E-state index contributed by atoms with van der Waals surface area (Å²) in [6, 6.07) is 16.6. The second-order valence-corrected chi connectivity index (χ2v) is 6.23. The van der Waals surface area contributed by atoms with Gasteiger partial charge in [-0.3, -0.25) is 14.4 Å². The zero-order valence-corrected chi connectivity index (χ0v) is 14.5. The maximum atomic E-state index is 12.2. The molecule has 0 radical (unpaired) electrons. The van der Waals surface area contributed by atoms with Crippen LogP contribution >= 0.6 is 0 Å². The maximum Gasteiger partial charge on any atom is 0.253 e. The van der Waals surface area contributed by atoms with Gasteiger partial charge in [-0.1, -0.05) is 42.5 Å². The first-order valence-corrected chi connectivity index (χ1v) is 8.51. The Morgan fingerprint density at radius 2 is 1.73 bits per heavy atom. The molecule has 0 aliphatic heterocycles. The molecule has 132 valence electrons. The minimum atomic E-state index is -0.250. The van der Waals surface area contributed by atoms with Gasteiger partial charge in [0, 0.05) is 36.0 Å². The second-order valence-electron chi connectivity index (χ2n) is 6.23. The van der Waals surface area contributed by atoms with Crippen molar-refractivity contribution >= 4 is 22.6 Å². The number of hydrogen-bond donors (Lipinski definition) is 2. The summed E-state index contributed by atoms with van der Waals surface area (Å²) in [6.45, 7) is 2.01. The average Bonchev–Trinajstić information content (AvgIpc) is 2.64. The Kier molecular flexibility index (Phi) is 5.27. The zero-order chi connectivity index (χ0) is 18.5. The fourth-order valence-corrected chi connectivity index (χ4v) is 2.85. The smallest absolute Gasteiger partial charge is 0.253 e. The van der Waals surface area contributed by atoms with E-state index >= 15 is 0 Å². The predicted octanol–water partition coefficient (Wildman–Crippen LogP) is 3.12. The summed E-state index contributed by atoms with van der Waals surface area (Å²) in [5.41, 5.74) is 2.57. The molecule has 0 aliphatic carbocycles. The molecule has 0 bridgehead atoms. The van der Waals surface area contributed by atoms with Gasteiger partial charge in [-0.05, 0) is 30.0 Å². The molecule has 1 aromatic heterocycles. The number of benzene rings is 2. The van der Waals surface area contributed by atoms with E-state index in [0.717, 1.165) is 16.5 Å². The van der Waals surface area contributed by atoms with Gasteiger partial charge in [0.2, 0.25) is 5.91 Å². The van der Waals surface area contributed by atoms with E-state index in [2.05, 4.69) is 10.3 Å². The van der Waals surface area contributed by atoms with Crippen LogP contribution in [0.5, 0.6) is 0 Å². The fourth-order valence-electron chi connectivity index (χ4n) is 2.85. The van der Waals surface area contributed by atoms with Gasteiger partial charge in [0.05, 0.1) is 0 Å². The molecule has 2 N–H and O–H groups in total. The second kappa shape index (κ2) is 7.78. The van der Waals surface area contributed by atoms with Crippen LogP contribution < -0.4 is 10.9 Å². The highest BCUT2D eigenvalue weighted by Gasteiger charge is 2.11. The monoisotopic (exact) mass is 348 g/mol. The molecule has 0 saturated carbocycles. The van der Waals surface area contributed by atoms with E-state index in [4.69, 9.17) is 0 Å². The molecule has 0 saturated heterocycles. The number of hydrogen-bond acceptors (Lipinski definition) is 3. The standard InChI is InChI=1S/C21H20N2O3/c1-14-6-2-4-8-17(14)19(24)10-11-20(25)22-13-16-12-15-7-3-5-9-18(15)23-21(16)26/h2-9,12H,10-11,13H2,1H3,(H,22,25)(H,23,26). The van der Waals surface area contributed by atoms with Crippen LogP contribution in [0.15, 0.2) is 59.4 Å². The Balaban J connectivity index is 1.58.